The van der Waals surface area contributed by atoms with Crippen molar-refractivity contribution in [3.8, 4) is 6.07 Å². The highest BCUT2D eigenvalue weighted by atomic mass is 14.9. The van der Waals surface area contributed by atoms with E-state index in [1.165, 1.54) is 10.8 Å². The second kappa shape index (κ2) is 5.07. The van der Waals surface area contributed by atoms with Gasteiger partial charge >= 0.3 is 0 Å². The van der Waals surface area contributed by atoms with Crippen molar-refractivity contribution in [1.82, 2.24) is 0 Å². The van der Waals surface area contributed by atoms with Crippen LogP contribution in [-0.4, -0.2) is 0 Å². The monoisotopic (exact) mass is 258 g/mol. The van der Waals surface area contributed by atoms with Crippen LogP contribution in [0.3, 0.4) is 0 Å². The highest BCUT2D eigenvalue weighted by molar-refractivity contribution is 5.95. The molecule has 0 aliphatic rings. The standard InChI is InChI=1S/C18H14N2/c1-13-11-16(10-9-15(13)12-19)20-18-8-4-6-14-5-2-3-7-17(14)18/h2-11,20H,1H3. The molecule has 2 nitrogen and oxygen atoms in total. The largest absolute Gasteiger partial charge is 0.355 e. The van der Waals surface area contributed by atoms with Crippen LogP contribution in [0.25, 0.3) is 10.8 Å². The van der Waals surface area contributed by atoms with E-state index in [9.17, 15) is 0 Å². The molecule has 0 aliphatic carbocycles. The molecule has 0 atom stereocenters. The molecule has 3 rings (SSSR count). The number of nitriles is 1. The fraction of sp³-hybridized carbons (Fsp3) is 0.0556. The smallest absolute Gasteiger partial charge is 0.0994 e. The lowest BCUT2D eigenvalue weighted by Gasteiger charge is -2.11. The molecule has 3 aromatic rings. The Kier molecular flexibility index (Phi) is 3.10. The minimum absolute atomic E-state index is 0.716. The summed E-state index contributed by atoms with van der Waals surface area (Å²) in [5.74, 6) is 0. The summed E-state index contributed by atoms with van der Waals surface area (Å²) in [7, 11) is 0. The Balaban J connectivity index is 2.02. The van der Waals surface area contributed by atoms with Crippen LogP contribution in [0.2, 0.25) is 0 Å². The van der Waals surface area contributed by atoms with E-state index in [2.05, 4.69) is 35.7 Å². The Labute approximate surface area is 118 Å². The summed E-state index contributed by atoms with van der Waals surface area (Å²) in [6.07, 6.45) is 0. The van der Waals surface area contributed by atoms with Gasteiger partial charge in [-0.2, -0.15) is 5.26 Å². The van der Waals surface area contributed by atoms with Gasteiger partial charge in [0.1, 0.15) is 0 Å². The molecule has 0 radical (unpaired) electrons. The molecule has 0 fully saturated rings. The van der Waals surface area contributed by atoms with Gasteiger partial charge in [-0.15, -0.1) is 0 Å². The van der Waals surface area contributed by atoms with E-state index >= 15 is 0 Å². The molecule has 0 bridgehead atoms. The van der Waals surface area contributed by atoms with Crippen molar-refractivity contribution in [2.45, 2.75) is 6.92 Å². The Morgan fingerprint density at radius 3 is 2.55 bits per heavy atom. The molecule has 0 aromatic heterocycles. The van der Waals surface area contributed by atoms with Gasteiger partial charge in [-0.05, 0) is 42.1 Å². The number of rotatable bonds is 2. The third-order valence-electron chi connectivity index (χ3n) is 3.42. The van der Waals surface area contributed by atoms with Crippen LogP contribution >= 0.6 is 0 Å². The first kappa shape index (κ1) is 12.3. The predicted molar refractivity (Wildman–Crippen MR) is 83.1 cm³/mol. The van der Waals surface area contributed by atoms with Crippen LogP contribution in [0, 0.1) is 18.3 Å². The van der Waals surface area contributed by atoms with E-state index in [0.717, 1.165) is 16.9 Å². The molecule has 0 amide bonds. The van der Waals surface area contributed by atoms with Crippen LogP contribution in [0.15, 0.2) is 60.7 Å². The Hall–Kier alpha value is -2.79. The molecule has 0 spiro atoms. The topological polar surface area (TPSA) is 35.8 Å². The number of aryl methyl sites for hydroxylation is 1. The normalized spacial score (nSPS) is 10.2. The summed E-state index contributed by atoms with van der Waals surface area (Å²) in [6, 6.07) is 22.5. The lowest BCUT2D eigenvalue weighted by atomic mass is 10.1. The van der Waals surface area contributed by atoms with Crippen LogP contribution < -0.4 is 5.32 Å². The fourth-order valence-electron chi connectivity index (χ4n) is 2.36. The van der Waals surface area contributed by atoms with Crippen molar-refractivity contribution in [1.29, 1.82) is 5.26 Å². The minimum Gasteiger partial charge on any atom is -0.355 e. The Morgan fingerprint density at radius 2 is 1.75 bits per heavy atom. The fourth-order valence-corrected chi connectivity index (χ4v) is 2.36. The van der Waals surface area contributed by atoms with E-state index in [1.54, 1.807) is 0 Å². The van der Waals surface area contributed by atoms with Crippen molar-refractivity contribution in [2.75, 3.05) is 5.32 Å². The third kappa shape index (κ3) is 2.22. The van der Waals surface area contributed by atoms with Crippen molar-refractivity contribution in [3.05, 3.63) is 71.8 Å². The number of fused-ring (bicyclic) bond motifs is 1. The summed E-state index contributed by atoms with van der Waals surface area (Å²) >= 11 is 0. The number of anilines is 2. The molecule has 0 heterocycles. The van der Waals surface area contributed by atoms with Gasteiger partial charge in [-0.1, -0.05) is 36.4 Å². The first-order valence-electron chi connectivity index (χ1n) is 6.53. The van der Waals surface area contributed by atoms with E-state index < -0.39 is 0 Å². The molecule has 2 heteroatoms. The van der Waals surface area contributed by atoms with Crippen LogP contribution in [0.1, 0.15) is 11.1 Å². The number of benzene rings is 3. The zero-order valence-electron chi connectivity index (χ0n) is 11.2. The van der Waals surface area contributed by atoms with Crippen molar-refractivity contribution < 1.29 is 0 Å². The summed E-state index contributed by atoms with van der Waals surface area (Å²) in [5.41, 5.74) is 3.77. The van der Waals surface area contributed by atoms with E-state index in [-0.39, 0.29) is 0 Å². The summed E-state index contributed by atoms with van der Waals surface area (Å²) in [4.78, 5) is 0. The van der Waals surface area contributed by atoms with Crippen LogP contribution in [-0.2, 0) is 0 Å². The van der Waals surface area contributed by atoms with E-state index in [1.807, 2.05) is 43.3 Å². The van der Waals surface area contributed by atoms with Crippen LogP contribution in [0.4, 0.5) is 11.4 Å². The lowest BCUT2D eigenvalue weighted by molar-refractivity contribution is 1.39. The Bertz CT molecular complexity index is 808. The minimum atomic E-state index is 0.716. The molecule has 3 aromatic carbocycles. The zero-order valence-corrected chi connectivity index (χ0v) is 11.2. The van der Waals surface area contributed by atoms with Gasteiger partial charge in [0.2, 0.25) is 0 Å². The summed E-state index contributed by atoms with van der Waals surface area (Å²) in [5, 5.41) is 14.8. The average Bonchev–Trinajstić information content (AvgIpc) is 2.48. The molecule has 96 valence electrons. The van der Waals surface area contributed by atoms with E-state index in [0.29, 0.717) is 5.56 Å². The maximum Gasteiger partial charge on any atom is 0.0994 e. The van der Waals surface area contributed by atoms with Crippen LogP contribution in [0.5, 0.6) is 0 Å². The first-order chi connectivity index (χ1) is 9.78. The highest BCUT2D eigenvalue weighted by Gasteiger charge is 2.02. The van der Waals surface area contributed by atoms with E-state index in [4.69, 9.17) is 5.26 Å². The molecule has 0 saturated heterocycles. The zero-order chi connectivity index (χ0) is 13.9. The van der Waals surface area contributed by atoms with Crippen molar-refractivity contribution >= 4 is 22.1 Å². The average molecular weight is 258 g/mol. The van der Waals surface area contributed by atoms with Gasteiger partial charge in [0, 0.05) is 16.8 Å². The second-order valence-electron chi connectivity index (χ2n) is 4.79. The quantitative estimate of drug-likeness (QED) is 0.719. The second-order valence-corrected chi connectivity index (χ2v) is 4.79. The van der Waals surface area contributed by atoms with Crippen molar-refractivity contribution in [3.63, 3.8) is 0 Å². The van der Waals surface area contributed by atoms with Gasteiger partial charge in [0.25, 0.3) is 0 Å². The highest BCUT2D eigenvalue weighted by Crippen LogP contribution is 2.27. The first-order valence-corrected chi connectivity index (χ1v) is 6.53. The Morgan fingerprint density at radius 1 is 0.950 bits per heavy atom. The van der Waals surface area contributed by atoms with Gasteiger partial charge in [-0.3, -0.25) is 0 Å². The molecule has 1 N–H and O–H groups in total. The maximum atomic E-state index is 8.97. The van der Waals surface area contributed by atoms with Crippen molar-refractivity contribution in [2.24, 2.45) is 0 Å². The number of hydrogen-bond acceptors (Lipinski definition) is 2. The summed E-state index contributed by atoms with van der Waals surface area (Å²) in [6.45, 7) is 1.95. The molecule has 0 unspecified atom stereocenters. The van der Waals surface area contributed by atoms with Gasteiger partial charge in [0.15, 0.2) is 0 Å². The SMILES string of the molecule is Cc1cc(Nc2cccc3ccccc23)ccc1C#N. The molecule has 20 heavy (non-hydrogen) atoms. The van der Waals surface area contributed by atoms with Gasteiger partial charge in [-0.25, -0.2) is 0 Å². The molecular formula is C18H14N2. The predicted octanol–water partition coefficient (Wildman–Crippen LogP) is 4.76. The lowest BCUT2D eigenvalue weighted by Crippen LogP contribution is -1.93. The number of hydrogen-bond donors (Lipinski definition) is 1. The molecule has 0 aliphatic heterocycles. The number of nitrogens with zero attached hydrogens (tertiary/aromatic N) is 1. The maximum absolute atomic E-state index is 8.97. The number of nitrogens with one attached hydrogen (secondary N) is 1. The molecule has 0 saturated carbocycles. The summed E-state index contributed by atoms with van der Waals surface area (Å²) < 4.78 is 0. The third-order valence-corrected chi connectivity index (χ3v) is 3.42. The molecular weight excluding hydrogens is 244 g/mol. The van der Waals surface area contributed by atoms with Gasteiger partial charge < -0.3 is 5.32 Å². The van der Waals surface area contributed by atoms with Gasteiger partial charge in [0.05, 0.1) is 11.6 Å².